The molecule has 3 aromatic rings. The molecule has 5 nitrogen and oxygen atoms in total. The highest BCUT2D eigenvalue weighted by Gasteiger charge is 2.09. The lowest BCUT2D eigenvalue weighted by atomic mass is 10.0. The van der Waals surface area contributed by atoms with Crippen LogP contribution in [0.15, 0.2) is 52.9 Å². The zero-order valence-electron chi connectivity index (χ0n) is 15.6. The van der Waals surface area contributed by atoms with Crippen LogP contribution in [-0.4, -0.2) is 21.9 Å². The molecule has 2 N–H and O–H groups in total. The first-order valence-electron chi connectivity index (χ1n) is 8.84. The van der Waals surface area contributed by atoms with Crippen molar-refractivity contribution in [2.75, 3.05) is 11.1 Å². The third-order valence-electron chi connectivity index (χ3n) is 3.94. The fourth-order valence-electron chi connectivity index (χ4n) is 2.42. The molecule has 0 fully saturated rings. The van der Waals surface area contributed by atoms with Crippen LogP contribution in [0.4, 0.5) is 10.8 Å². The zero-order valence-corrected chi connectivity index (χ0v) is 18.0. The van der Waals surface area contributed by atoms with Crippen LogP contribution in [0.25, 0.3) is 0 Å². The van der Waals surface area contributed by atoms with E-state index in [2.05, 4.69) is 46.8 Å². The maximum Gasteiger partial charge on any atom is 0.230 e. The van der Waals surface area contributed by atoms with E-state index in [4.69, 9.17) is 11.6 Å². The largest absolute Gasteiger partial charge is 0.351 e. The van der Waals surface area contributed by atoms with E-state index in [1.165, 1.54) is 28.7 Å². The van der Waals surface area contributed by atoms with Gasteiger partial charge in [-0.05, 0) is 41.3 Å². The molecule has 28 heavy (non-hydrogen) atoms. The highest BCUT2D eigenvalue weighted by Crippen LogP contribution is 2.28. The molecule has 1 aromatic heterocycles. The quantitative estimate of drug-likeness (QED) is 0.462. The highest BCUT2D eigenvalue weighted by atomic mass is 35.5. The average Bonchev–Trinajstić information content (AvgIpc) is 3.12. The number of carbonyl (C=O) groups is 1. The summed E-state index contributed by atoms with van der Waals surface area (Å²) in [7, 11) is 0. The molecule has 1 amide bonds. The third kappa shape index (κ3) is 6.22. The van der Waals surface area contributed by atoms with E-state index >= 15 is 0 Å². The number of rotatable bonds is 8. The summed E-state index contributed by atoms with van der Waals surface area (Å²) in [6.45, 7) is 4.79. The average molecular weight is 433 g/mol. The number of anilines is 2. The van der Waals surface area contributed by atoms with Crippen LogP contribution in [0.3, 0.4) is 0 Å². The maximum atomic E-state index is 12.0. The van der Waals surface area contributed by atoms with Gasteiger partial charge in [0.25, 0.3) is 0 Å². The summed E-state index contributed by atoms with van der Waals surface area (Å²) in [4.78, 5) is 12.0. The Labute approximate surface area is 177 Å². The smallest absolute Gasteiger partial charge is 0.230 e. The Morgan fingerprint density at radius 3 is 2.68 bits per heavy atom. The SMILES string of the molecule is CC(C)c1ccc(Nc2nnc(SCC(=O)NCc3cccc(Cl)c3)s2)cc1. The molecule has 8 heteroatoms. The van der Waals surface area contributed by atoms with Crippen molar-refractivity contribution in [3.8, 4) is 0 Å². The fraction of sp³-hybridized carbons (Fsp3) is 0.250. The van der Waals surface area contributed by atoms with E-state index in [-0.39, 0.29) is 11.7 Å². The first-order chi connectivity index (χ1) is 13.5. The van der Waals surface area contributed by atoms with Crippen LogP contribution in [0, 0.1) is 0 Å². The molecule has 0 unspecified atom stereocenters. The van der Waals surface area contributed by atoms with Crippen molar-refractivity contribution in [2.45, 2.75) is 30.6 Å². The Morgan fingerprint density at radius 1 is 1.18 bits per heavy atom. The van der Waals surface area contributed by atoms with Gasteiger partial charge in [-0.2, -0.15) is 0 Å². The van der Waals surface area contributed by atoms with Gasteiger partial charge < -0.3 is 10.6 Å². The molecule has 0 aliphatic carbocycles. The minimum absolute atomic E-state index is 0.0565. The van der Waals surface area contributed by atoms with E-state index < -0.39 is 0 Å². The Morgan fingerprint density at radius 2 is 1.96 bits per heavy atom. The van der Waals surface area contributed by atoms with Crippen molar-refractivity contribution in [1.29, 1.82) is 0 Å². The predicted molar refractivity (Wildman–Crippen MR) is 118 cm³/mol. The third-order valence-corrected chi connectivity index (χ3v) is 6.15. The second kappa shape index (κ2) is 9.91. The molecule has 1 heterocycles. The van der Waals surface area contributed by atoms with Gasteiger partial charge in [-0.25, -0.2) is 0 Å². The van der Waals surface area contributed by atoms with Gasteiger partial charge in [0.15, 0.2) is 4.34 Å². The van der Waals surface area contributed by atoms with E-state index in [1.807, 2.05) is 36.4 Å². The van der Waals surface area contributed by atoms with E-state index in [9.17, 15) is 4.79 Å². The van der Waals surface area contributed by atoms with Crippen LogP contribution in [0.5, 0.6) is 0 Å². The molecule has 0 saturated heterocycles. The van der Waals surface area contributed by atoms with Crippen LogP contribution >= 0.6 is 34.7 Å². The molecule has 0 aliphatic rings. The molecule has 2 aromatic carbocycles. The lowest BCUT2D eigenvalue weighted by Gasteiger charge is -2.06. The summed E-state index contributed by atoms with van der Waals surface area (Å²) >= 11 is 8.75. The number of hydrogen-bond donors (Lipinski definition) is 2. The van der Waals surface area contributed by atoms with Crippen molar-refractivity contribution < 1.29 is 4.79 Å². The summed E-state index contributed by atoms with van der Waals surface area (Å²) in [5.74, 6) is 0.737. The van der Waals surface area contributed by atoms with E-state index in [1.54, 1.807) is 0 Å². The number of aromatic nitrogens is 2. The molecule has 0 bridgehead atoms. The van der Waals surface area contributed by atoms with Gasteiger partial charge in [-0.3, -0.25) is 4.79 Å². The minimum atomic E-state index is -0.0565. The molecule has 146 valence electrons. The Hall–Kier alpha value is -2.09. The standard InChI is InChI=1S/C20H21ClN4OS2/c1-13(2)15-6-8-17(9-7-15)23-19-24-25-20(28-19)27-12-18(26)22-11-14-4-3-5-16(21)10-14/h3-10,13H,11-12H2,1-2H3,(H,22,26)(H,23,24). The minimum Gasteiger partial charge on any atom is -0.351 e. The van der Waals surface area contributed by atoms with Gasteiger partial charge in [0, 0.05) is 17.3 Å². The number of carbonyl (C=O) groups excluding carboxylic acids is 1. The molecule has 0 radical (unpaired) electrons. The van der Waals surface area contributed by atoms with Gasteiger partial charge in [-0.1, -0.05) is 72.8 Å². The molecule has 0 saturated carbocycles. The molecule has 0 spiro atoms. The predicted octanol–water partition coefficient (Wildman–Crippen LogP) is 5.47. The molecular formula is C20H21ClN4OS2. The number of benzene rings is 2. The second-order valence-electron chi connectivity index (χ2n) is 6.47. The van der Waals surface area contributed by atoms with Crippen molar-refractivity contribution in [1.82, 2.24) is 15.5 Å². The number of nitrogens with zero attached hydrogens (tertiary/aromatic N) is 2. The van der Waals surface area contributed by atoms with Gasteiger partial charge in [-0.15, -0.1) is 10.2 Å². The van der Waals surface area contributed by atoms with Crippen molar-refractivity contribution in [3.63, 3.8) is 0 Å². The topological polar surface area (TPSA) is 66.9 Å². The summed E-state index contributed by atoms with van der Waals surface area (Å²) in [6.07, 6.45) is 0. The first kappa shape index (κ1) is 20.6. The Balaban J connectivity index is 1.45. The van der Waals surface area contributed by atoms with Crippen LogP contribution in [0.2, 0.25) is 5.02 Å². The van der Waals surface area contributed by atoms with Crippen molar-refractivity contribution in [2.24, 2.45) is 0 Å². The van der Waals surface area contributed by atoms with Gasteiger partial charge in [0.2, 0.25) is 11.0 Å². The van der Waals surface area contributed by atoms with Gasteiger partial charge in [0.1, 0.15) is 0 Å². The van der Waals surface area contributed by atoms with Crippen LogP contribution < -0.4 is 10.6 Å². The highest BCUT2D eigenvalue weighted by molar-refractivity contribution is 8.01. The lowest BCUT2D eigenvalue weighted by molar-refractivity contribution is -0.118. The summed E-state index contributed by atoms with van der Waals surface area (Å²) < 4.78 is 0.749. The number of thioether (sulfide) groups is 1. The summed E-state index contributed by atoms with van der Waals surface area (Å²) in [5.41, 5.74) is 3.23. The number of halogens is 1. The van der Waals surface area contributed by atoms with E-state index in [0.29, 0.717) is 22.6 Å². The zero-order chi connectivity index (χ0) is 19.9. The van der Waals surface area contributed by atoms with Crippen LogP contribution in [-0.2, 0) is 11.3 Å². The van der Waals surface area contributed by atoms with E-state index in [0.717, 1.165) is 15.6 Å². The maximum absolute atomic E-state index is 12.0. The Bertz CT molecular complexity index is 928. The van der Waals surface area contributed by atoms with Gasteiger partial charge in [0.05, 0.1) is 5.75 Å². The van der Waals surface area contributed by atoms with Gasteiger partial charge >= 0.3 is 0 Å². The van der Waals surface area contributed by atoms with Crippen LogP contribution in [0.1, 0.15) is 30.9 Å². The monoisotopic (exact) mass is 432 g/mol. The lowest BCUT2D eigenvalue weighted by Crippen LogP contribution is -2.24. The van der Waals surface area contributed by atoms with Crippen molar-refractivity contribution in [3.05, 3.63) is 64.7 Å². The second-order valence-corrected chi connectivity index (χ2v) is 9.11. The van der Waals surface area contributed by atoms with Crippen molar-refractivity contribution >= 4 is 51.4 Å². The normalized spacial score (nSPS) is 10.9. The molecular weight excluding hydrogens is 412 g/mol. The number of amides is 1. The number of hydrogen-bond acceptors (Lipinski definition) is 6. The molecule has 0 aliphatic heterocycles. The molecule has 0 atom stereocenters. The summed E-state index contributed by atoms with van der Waals surface area (Å²) in [6, 6.07) is 15.7. The number of nitrogens with one attached hydrogen (secondary N) is 2. The first-order valence-corrected chi connectivity index (χ1v) is 11.0. The Kier molecular flexibility index (Phi) is 7.30. The molecule has 3 rings (SSSR count). The summed E-state index contributed by atoms with van der Waals surface area (Å²) in [5, 5.41) is 15.8. The fourth-order valence-corrected chi connectivity index (χ4v) is 4.23.